The van der Waals surface area contributed by atoms with Gasteiger partial charge < -0.3 is 5.32 Å². The minimum absolute atomic E-state index is 0.0439. The van der Waals surface area contributed by atoms with Crippen LogP contribution in [0, 0.1) is 0 Å². The van der Waals surface area contributed by atoms with Gasteiger partial charge in [0.2, 0.25) is 0 Å². The molecule has 0 aliphatic heterocycles. The predicted octanol–water partition coefficient (Wildman–Crippen LogP) is 3.86. The number of nitrogens with one attached hydrogen (secondary N) is 1. The maximum atomic E-state index is 11.4. The number of aryl methyl sites for hydroxylation is 1. The predicted molar refractivity (Wildman–Crippen MR) is 87.8 cm³/mol. The lowest BCUT2D eigenvalue weighted by Gasteiger charge is -2.22. The van der Waals surface area contributed by atoms with Gasteiger partial charge in [0.1, 0.15) is 6.29 Å². The Morgan fingerprint density at radius 1 is 1.05 bits per heavy atom. The lowest BCUT2D eigenvalue weighted by molar-refractivity contribution is -0.105. The van der Waals surface area contributed by atoms with Gasteiger partial charge in [-0.25, -0.2) is 0 Å². The molecule has 1 N–H and O–H groups in total. The van der Waals surface area contributed by atoms with Gasteiger partial charge in [-0.15, -0.1) is 0 Å². The van der Waals surface area contributed by atoms with Gasteiger partial charge in [-0.3, -0.25) is 9.59 Å². The minimum atomic E-state index is 0.0439. The molecule has 0 fully saturated rings. The minimum Gasteiger partial charge on any atom is -0.355 e. The van der Waals surface area contributed by atoms with Crippen LogP contribution in [0.15, 0.2) is 54.1 Å². The second kappa shape index (κ2) is 5.98. The fraction of sp³-hybridized carbons (Fsp3) is 0.158. The van der Waals surface area contributed by atoms with E-state index in [0.29, 0.717) is 5.56 Å². The summed E-state index contributed by atoms with van der Waals surface area (Å²) in [5.41, 5.74) is 5.53. The number of hydrogen-bond acceptors (Lipinski definition) is 3. The van der Waals surface area contributed by atoms with E-state index in [-0.39, 0.29) is 5.78 Å². The van der Waals surface area contributed by atoms with E-state index in [2.05, 4.69) is 11.4 Å². The molecule has 1 aliphatic rings. The monoisotopic (exact) mass is 291 g/mol. The fourth-order valence-corrected chi connectivity index (χ4v) is 2.75. The van der Waals surface area contributed by atoms with E-state index in [4.69, 9.17) is 0 Å². The van der Waals surface area contributed by atoms with Crippen LogP contribution in [0.1, 0.15) is 34.8 Å². The molecule has 2 aromatic rings. The number of Topliss-reactive ketones (excluding diaryl/α,β-unsaturated/α-hetero) is 1. The van der Waals surface area contributed by atoms with Crippen molar-refractivity contribution in [2.45, 2.75) is 19.8 Å². The lowest BCUT2D eigenvalue weighted by Crippen LogP contribution is -2.12. The highest BCUT2D eigenvalue weighted by Crippen LogP contribution is 2.31. The van der Waals surface area contributed by atoms with E-state index in [1.165, 1.54) is 5.56 Å². The third-order valence-corrected chi connectivity index (χ3v) is 3.97. The molecule has 3 rings (SSSR count). The number of hydrogen-bond donors (Lipinski definition) is 1. The summed E-state index contributed by atoms with van der Waals surface area (Å²) in [6.07, 6.45) is 2.56. The van der Waals surface area contributed by atoms with E-state index in [1.54, 1.807) is 19.1 Å². The molecule has 0 saturated heterocycles. The normalized spacial score (nSPS) is 13.5. The SMILES string of the molecule is CC(=O)c1ccc(NC2=C(C=O)CCc3ccccc32)cc1. The molecule has 110 valence electrons. The first-order valence-corrected chi connectivity index (χ1v) is 7.33. The zero-order chi connectivity index (χ0) is 15.5. The molecule has 0 radical (unpaired) electrons. The Kier molecular flexibility index (Phi) is 3.88. The number of carbonyl (C=O) groups is 2. The van der Waals surface area contributed by atoms with Gasteiger partial charge in [-0.05, 0) is 49.6 Å². The van der Waals surface area contributed by atoms with E-state index in [9.17, 15) is 9.59 Å². The molecular formula is C19H17NO2. The largest absolute Gasteiger partial charge is 0.355 e. The molecule has 0 aromatic heterocycles. The van der Waals surface area contributed by atoms with Crippen LogP contribution in [0.3, 0.4) is 0 Å². The molecule has 3 nitrogen and oxygen atoms in total. The highest BCUT2D eigenvalue weighted by Gasteiger charge is 2.18. The van der Waals surface area contributed by atoms with Gasteiger partial charge in [-0.1, -0.05) is 24.3 Å². The van der Waals surface area contributed by atoms with Gasteiger partial charge in [-0.2, -0.15) is 0 Å². The summed E-state index contributed by atoms with van der Waals surface area (Å²) in [6.45, 7) is 1.55. The molecule has 0 spiro atoms. The van der Waals surface area contributed by atoms with Crippen molar-refractivity contribution < 1.29 is 9.59 Å². The smallest absolute Gasteiger partial charge is 0.159 e. The fourth-order valence-electron chi connectivity index (χ4n) is 2.75. The van der Waals surface area contributed by atoms with Crippen LogP contribution in [0.25, 0.3) is 5.70 Å². The summed E-state index contributed by atoms with van der Waals surface area (Å²) >= 11 is 0. The third-order valence-electron chi connectivity index (χ3n) is 3.97. The van der Waals surface area contributed by atoms with Crippen molar-refractivity contribution in [3.05, 3.63) is 70.8 Å². The van der Waals surface area contributed by atoms with Crippen LogP contribution in [0.2, 0.25) is 0 Å². The first-order chi connectivity index (χ1) is 10.7. The van der Waals surface area contributed by atoms with Crippen molar-refractivity contribution in [3.63, 3.8) is 0 Å². The molecular weight excluding hydrogens is 274 g/mol. The van der Waals surface area contributed by atoms with Crippen LogP contribution in [0.4, 0.5) is 5.69 Å². The number of allylic oxidation sites excluding steroid dienone is 1. The van der Waals surface area contributed by atoms with Crippen LogP contribution in [-0.4, -0.2) is 12.1 Å². The zero-order valence-corrected chi connectivity index (χ0v) is 12.4. The van der Waals surface area contributed by atoms with Crippen molar-refractivity contribution >= 4 is 23.5 Å². The van der Waals surface area contributed by atoms with Gasteiger partial charge in [0.15, 0.2) is 5.78 Å². The Bertz CT molecular complexity index is 757. The zero-order valence-electron chi connectivity index (χ0n) is 12.4. The van der Waals surface area contributed by atoms with Crippen molar-refractivity contribution in [1.29, 1.82) is 0 Å². The lowest BCUT2D eigenvalue weighted by atomic mass is 9.89. The van der Waals surface area contributed by atoms with Crippen LogP contribution in [0.5, 0.6) is 0 Å². The molecule has 0 saturated carbocycles. The average Bonchev–Trinajstić information content (AvgIpc) is 2.55. The first kappa shape index (κ1) is 14.3. The molecule has 0 amide bonds. The van der Waals surface area contributed by atoms with Gasteiger partial charge in [0.25, 0.3) is 0 Å². The van der Waals surface area contributed by atoms with E-state index in [0.717, 1.165) is 41.6 Å². The maximum Gasteiger partial charge on any atom is 0.159 e. The molecule has 0 atom stereocenters. The molecule has 0 unspecified atom stereocenters. The summed E-state index contributed by atoms with van der Waals surface area (Å²) in [7, 11) is 0. The Morgan fingerprint density at radius 3 is 2.45 bits per heavy atom. The Hall–Kier alpha value is -2.68. The van der Waals surface area contributed by atoms with Crippen molar-refractivity contribution in [2.75, 3.05) is 5.32 Å². The van der Waals surface area contributed by atoms with Crippen LogP contribution >= 0.6 is 0 Å². The summed E-state index contributed by atoms with van der Waals surface area (Å²) in [5.74, 6) is 0.0439. The second-order valence-electron chi connectivity index (χ2n) is 5.43. The summed E-state index contributed by atoms with van der Waals surface area (Å²) in [5, 5.41) is 3.34. The topological polar surface area (TPSA) is 46.2 Å². The molecule has 0 bridgehead atoms. The molecule has 0 heterocycles. The van der Waals surface area contributed by atoms with E-state index >= 15 is 0 Å². The van der Waals surface area contributed by atoms with Gasteiger partial charge in [0.05, 0.1) is 5.70 Å². The van der Waals surface area contributed by atoms with E-state index < -0.39 is 0 Å². The maximum absolute atomic E-state index is 11.4. The summed E-state index contributed by atoms with van der Waals surface area (Å²) < 4.78 is 0. The number of ketones is 1. The summed E-state index contributed by atoms with van der Waals surface area (Å²) in [6, 6.07) is 15.4. The quantitative estimate of drug-likeness (QED) is 0.687. The number of carbonyl (C=O) groups excluding carboxylic acids is 2. The van der Waals surface area contributed by atoms with E-state index in [1.807, 2.05) is 30.3 Å². The standard InChI is InChI=1S/C19H17NO2/c1-13(22)14-8-10-17(11-9-14)20-19-16(12-21)7-6-15-4-2-3-5-18(15)19/h2-5,8-12,20H,6-7H2,1H3. The number of anilines is 1. The Balaban J connectivity index is 1.96. The number of fused-ring (bicyclic) bond motifs is 1. The Labute approximate surface area is 129 Å². The number of rotatable bonds is 4. The highest BCUT2D eigenvalue weighted by atomic mass is 16.1. The molecule has 3 heteroatoms. The van der Waals surface area contributed by atoms with Crippen LogP contribution in [-0.2, 0) is 11.2 Å². The van der Waals surface area contributed by atoms with Crippen molar-refractivity contribution in [1.82, 2.24) is 0 Å². The van der Waals surface area contributed by atoms with Crippen molar-refractivity contribution in [2.24, 2.45) is 0 Å². The van der Waals surface area contributed by atoms with Crippen LogP contribution < -0.4 is 5.32 Å². The van der Waals surface area contributed by atoms with Crippen molar-refractivity contribution in [3.8, 4) is 0 Å². The molecule has 2 aromatic carbocycles. The average molecular weight is 291 g/mol. The number of benzene rings is 2. The highest BCUT2D eigenvalue weighted by molar-refractivity contribution is 5.96. The molecule has 22 heavy (non-hydrogen) atoms. The Morgan fingerprint density at radius 2 is 1.77 bits per heavy atom. The molecule has 1 aliphatic carbocycles. The number of aldehydes is 1. The van der Waals surface area contributed by atoms with Gasteiger partial charge >= 0.3 is 0 Å². The third kappa shape index (κ3) is 2.70. The summed E-state index contributed by atoms with van der Waals surface area (Å²) in [4.78, 5) is 22.7. The second-order valence-corrected chi connectivity index (χ2v) is 5.43. The van der Waals surface area contributed by atoms with Gasteiger partial charge in [0, 0.05) is 22.4 Å². The first-order valence-electron chi connectivity index (χ1n) is 7.33.